The highest BCUT2D eigenvalue weighted by molar-refractivity contribution is 5.68. The molecule has 1 aliphatic rings. The summed E-state index contributed by atoms with van der Waals surface area (Å²) in [6.07, 6.45) is 0.827. The van der Waals surface area contributed by atoms with Gasteiger partial charge in [0.25, 0.3) is 5.88 Å². The molecule has 8 nitrogen and oxygen atoms in total. The molecule has 1 fully saturated rings. The van der Waals surface area contributed by atoms with Gasteiger partial charge in [0.2, 0.25) is 0 Å². The van der Waals surface area contributed by atoms with Crippen molar-refractivity contribution in [2.75, 3.05) is 33.4 Å². The molecule has 2 aromatic carbocycles. The van der Waals surface area contributed by atoms with Crippen LogP contribution in [0.3, 0.4) is 0 Å². The van der Waals surface area contributed by atoms with Crippen molar-refractivity contribution in [1.82, 2.24) is 9.88 Å². The van der Waals surface area contributed by atoms with Crippen LogP contribution < -0.4 is 14.2 Å². The lowest BCUT2D eigenvalue weighted by atomic mass is 10.0. The number of hydrogen-bond donors (Lipinski definition) is 0. The zero-order valence-corrected chi connectivity index (χ0v) is 21.4. The van der Waals surface area contributed by atoms with E-state index in [0.717, 1.165) is 5.56 Å². The van der Waals surface area contributed by atoms with Crippen LogP contribution in [-0.2, 0) is 9.47 Å². The first-order valence-corrected chi connectivity index (χ1v) is 12.0. The van der Waals surface area contributed by atoms with E-state index in [1.807, 2.05) is 20.8 Å². The van der Waals surface area contributed by atoms with E-state index >= 15 is 0 Å². The molecule has 0 N–H and O–H groups in total. The molecular weight excluding hydrogens is 479 g/mol. The predicted octanol–water partition coefficient (Wildman–Crippen LogP) is 5.70. The molecule has 1 aliphatic heterocycles. The van der Waals surface area contributed by atoms with Crippen LogP contribution in [-0.4, -0.2) is 61.1 Å². The second-order valence-corrected chi connectivity index (χ2v) is 9.51. The molecule has 1 amide bonds. The van der Waals surface area contributed by atoms with E-state index in [9.17, 15) is 9.18 Å². The smallest absolute Gasteiger partial charge is 0.410 e. The van der Waals surface area contributed by atoms with Crippen molar-refractivity contribution < 1.29 is 32.9 Å². The minimum absolute atomic E-state index is 0.173. The van der Waals surface area contributed by atoms with Gasteiger partial charge < -0.3 is 28.6 Å². The van der Waals surface area contributed by atoms with Gasteiger partial charge in [0.15, 0.2) is 5.75 Å². The molecule has 0 unspecified atom stereocenters. The molecule has 4 rings (SSSR count). The van der Waals surface area contributed by atoms with Gasteiger partial charge in [-0.25, -0.2) is 14.2 Å². The lowest BCUT2D eigenvalue weighted by Gasteiger charge is -2.34. The highest BCUT2D eigenvalue weighted by atomic mass is 19.1. The van der Waals surface area contributed by atoms with E-state index in [2.05, 4.69) is 4.98 Å². The highest BCUT2D eigenvalue weighted by Gasteiger charge is 2.28. The van der Waals surface area contributed by atoms with E-state index in [1.54, 1.807) is 66.7 Å². The number of pyridine rings is 1. The Morgan fingerprint density at radius 1 is 1.14 bits per heavy atom. The number of aromatic nitrogens is 1. The van der Waals surface area contributed by atoms with Crippen LogP contribution in [0.5, 0.6) is 23.1 Å². The number of rotatable bonds is 7. The molecule has 37 heavy (non-hydrogen) atoms. The van der Waals surface area contributed by atoms with Crippen LogP contribution >= 0.6 is 0 Å². The summed E-state index contributed by atoms with van der Waals surface area (Å²) >= 11 is 0. The first-order valence-electron chi connectivity index (χ1n) is 12.0. The maximum atomic E-state index is 14.9. The summed E-state index contributed by atoms with van der Waals surface area (Å²) in [6, 6.07) is 15.2. The summed E-state index contributed by atoms with van der Waals surface area (Å²) in [5.74, 6) is 1.12. The third-order valence-electron chi connectivity index (χ3n) is 5.51. The second-order valence-electron chi connectivity index (χ2n) is 9.51. The zero-order valence-electron chi connectivity index (χ0n) is 21.4. The Kier molecular flexibility index (Phi) is 8.13. The number of hydrogen-bond acceptors (Lipinski definition) is 7. The van der Waals surface area contributed by atoms with Crippen molar-refractivity contribution >= 4 is 6.09 Å². The molecule has 1 saturated heterocycles. The highest BCUT2D eigenvalue weighted by Crippen LogP contribution is 2.32. The van der Waals surface area contributed by atoms with Crippen LogP contribution in [0.25, 0.3) is 11.1 Å². The molecule has 1 aromatic heterocycles. The van der Waals surface area contributed by atoms with Crippen LogP contribution in [0.15, 0.2) is 60.8 Å². The quantitative estimate of drug-likeness (QED) is 0.403. The number of ether oxygens (including phenoxy) is 5. The van der Waals surface area contributed by atoms with Gasteiger partial charge >= 0.3 is 6.09 Å². The average Bonchev–Trinajstić information content (AvgIpc) is 2.88. The Hall–Kier alpha value is -3.85. The van der Waals surface area contributed by atoms with Crippen molar-refractivity contribution in [3.8, 4) is 34.3 Å². The Bertz CT molecular complexity index is 1210. The topological polar surface area (TPSA) is 79.4 Å². The van der Waals surface area contributed by atoms with E-state index in [0.29, 0.717) is 36.8 Å². The number of carbonyl (C=O) groups excluding carboxylic acids is 1. The minimum atomic E-state index is -0.574. The monoisotopic (exact) mass is 510 g/mol. The summed E-state index contributed by atoms with van der Waals surface area (Å²) in [4.78, 5) is 18.3. The lowest BCUT2D eigenvalue weighted by molar-refractivity contribution is -0.0559. The number of morpholine rings is 1. The minimum Gasteiger partial charge on any atom is -0.497 e. The van der Waals surface area contributed by atoms with E-state index in [4.69, 9.17) is 23.7 Å². The average molecular weight is 511 g/mol. The fraction of sp³-hybridized carbons (Fsp3) is 0.357. The van der Waals surface area contributed by atoms with Gasteiger partial charge in [-0.1, -0.05) is 12.1 Å². The van der Waals surface area contributed by atoms with Gasteiger partial charge in [-0.15, -0.1) is 0 Å². The number of halogens is 1. The Morgan fingerprint density at radius 2 is 1.89 bits per heavy atom. The first kappa shape index (κ1) is 26.2. The standard InChI is InChI=1S/C28H31FN2O6/c1-28(2,3)37-27(32)31-14-15-34-22(17-31)18-35-25-6-5-13-30-26(25)36-21-11-12-23(24(29)16-21)19-7-9-20(33-4)10-8-19/h5-13,16,22H,14-15,17-18H2,1-4H3/t22-/m0/s1. The number of amides is 1. The summed E-state index contributed by atoms with van der Waals surface area (Å²) < 4.78 is 43.0. The number of benzene rings is 2. The summed E-state index contributed by atoms with van der Waals surface area (Å²) in [6.45, 7) is 6.82. The van der Waals surface area contributed by atoms with Gasteiger partial charge in [-0.2, -0.15) is 0 Å². The van der Waals surface area contributed by atoms with Crippen molar-refractivity contribution in [1.29, 1.82) is 0 Å². The third kappa shape index (κ3) is 7.10. The van der Waals surface area contributed by atoms with Crippen LogP contribution in [0.1, 0.15) is 20.8 Å². The molecule has 0 saturated carbocycles. The molecule has 0 aliphatic carbocycles. The van der Waals surface area contributed by atoms with Crippen molar-refractivity contribution in [3.05, 3.63) is 66.6 Å². The number of methoxy groups -OCH3 is 1. The largest absolute Gasteiger partial charge is 0.497 e. The fourth-order valence-corrected chi connectivity index (χ4v) is 3.73. The first-order chi connectivity index (χ1) is 17.7. The lowest BCUT2D eigenvalue weighted by Crippen LogP contribution is -2.49. The van der Waals surface area contributed by atoms with Crippen molar-refractivity contribution in [2.45, 2.75) is 32.5 Å². The maximum absolute atomic E-state index is 14.9. The molecule has 9 heteroatoms. The van der Waals surface area contributed by atoms with Gasteiger partial charge in [0.1, 0.15) is 35.6 Å². The summed E-state index contributed by atoms with van der Waals surface area (Å²) in [5.41, 5.74) is 0.589. The van der Waals surface area contributed by atoms with Crippen LogP contribution in [0, 0.1) is 5.82 Å². The molecule has 196 valence electrons. The number of nitrogens with zero attached hydrogens (tertiary/aromatic N) is 2. The summed E-state index contributed by atoms with van der Waals surface area (Å²) in [7, 11) is 1.58. The molecule has 2 heterocycles. The fourth-order valence-electron chi connectivity index (χ4n) is 3.73. The molecular formula is C28H31FN2O6. The molecule has 0 spiro atoms. The Balaban J connectivity index is 1.39. The van der Waals surface area contributed by atoms with Crippen molar-refractivity contribution in [3.63, 3.8) is 0 Å². The van der Waals surface area contributed by atoms with E-state index < -0.39 is 11.4 Å². The van der Waals surface area contributed by atoms with Crippen LogP contribution in [0.4, 0.5) is 9.18 Å². The van der Waals surface area contributed by atoms with E-state index in [1.165, 1.54) is 6.07 Å². The Morgan fingerprint density at radius 3 is 2.59 bits per heavy atom. The Labute approximate surface area is 215 Å². The van der Waals surface area contributed by atoms with Gasteiger partial charge in [-0.3, -0.25) is 0 Å². The van der Waals surface area contributed by atoms with Gasteiger partial charge in [0, 0.05) is 24.4 Å². The summed E-state index contributed by atoms with van der Waals surface area (Å²) in [5, 5.41) is 0. The molecule has 0 radical (unpaired) electrons. The van der Waals surface area contributed by atoms with Gasteiger partial charge in [-0.05, 0) is 62.7 Å². The number of carbonyl (C=O) groups is 1. The molecule has 3 aromatic rings. The second kappa shape index (κ2) is 11.5. The third-order valence-corrected chi connectivity index (χ3v) is 5.51. The normalized spacial score (nSPS) is 15.7. The molecule has 1 atom stereocenters. The SMILES string of the molecule is COc1ccc(-c2ccc(Oc3ncccc3OC[C@@H]3CN(C(=O)OC(C)(C)C)CCO3)cc2F)cc1. The maximum Gasteiger partial charge on any atom is 0.410 e. The zero-order chi connectivity index (χ0) is 26.4. The van der Waals surface area contributed by atoms with Gasteiger partial charge in [0.05, 0.1) is 20.3 Å². The predicted molar refractivity (Wildman–Crippen MR) is 136 cm³/mol. The van der Waals surface area contributed by atoms with Crippen molar-refractivity contribution in [2.24, 2.45) is 0 Å². The van der Waals surface area contributed by atoms with E-state index in [-0.39, 0.29) is 30.4 Å². The molecule has 0 bridgehead atoms. The van der Waals surface area contributed by atoms with Crippen LogP contribution in [0.2, 0.25) is 0 Å².